The van der Waals surface area contributed by atoms with E-state index in [4.69, 9.17) is 0 Å². The molecule has 0 saturated heterocycles. The molecule has 1 aromatic carbocycles. The first kappa shape index (κ1) is 17.1. The fourth-order valence-electron chi connectivity index (χ4n) is 2.20. The summed E-state index contributed by atoms with van der Waals surface area (Å²) in [6.07, 6.45) is 3.64. The van der Waals surface area contributed by atoms with E-state index in [0.717, 1.165) is 11.4 Å². The van der Waals surface area contributed by atoms with Crippen LogP contribution in [0, 0.1) is 5.82 Å². The Kier molecular flexibility index (Phi) is 5.39. The predicted molar refractivity (Wildman–Crippen MR) is 94.6 cm³/mol. The van der Waals surface area contributed by atoms with Crippen molar-refractivity contribution >= 4 is 23.4 Å². The van der Waals surface area contributed by atoms with Crippen molar-refractivity contribution in [2.45, 2.75) is 11.6 Å². The first-order valence-electron chi connectivity index (χ1n) is 7.62. The maximum Gasteiger partial charge on any atom is 0.225 e. The molecule has 2 aromatic heterocycles. The summed E-state index contributed by atoms with van der Waals surface area (Å²) in [5.74, 6) is 0.566. The van der Waals surface area contributed by atoms with E-state index in [-0.39, 0.29) is 18.0 Å². The van der Waals surface area contributed by atoms with Crippen LogP contribution in [0.25, 0.3) is 11.4 Å². The number of pyridine rings is 1. The number of hydrogen-bond acceptors (Lipinski definition) is 5. The van der Waals surface area contributed by atoms with Gasteiger partial charge in [-0.3, -0.25) is 9.78 Å². The molecule has 0 aliphatic carbocycles. The number of nitrogens with one attached hydrogen (secondary N) is 1. The Morgan fingerprint density at radius 1 is 1.20 bits per heavy atom. The highest BCUT2D eigenvalue weighted by atomic mass is 32.2. The van der Waals surface area contributed by atoms with Crippen LogP contribution in [0.15, 0.2) is 53.9 Å². The first-order valence-corrected chi connectivity index (χ1v) is 8.60. The van der Waals surface area contributed by atoms with Crippen LogP contribution in [-0.2, 0) is 11.8 Å². The normalized spacial score (nSPS) is 10.6. The number of halogens is 1. The Balaban J connectivity index is 1.55. The molecule has 0 saturated carbocycles. The summed E-state index contributed by atoms with van der Waals surface area (Å²) in [6, 6.07) is 9.82. The molecule has 8 heteroatoms. The van der Waals surface area contributed by atoms with Crippen molar-refractivity contribution in [3.05, 3.63) is 54.6 Å². The van der Waals surface area contributed by atoms with Gasteiger partial charge in [-0.05, 0) is 24.3 Å². The predicted octanol–water partition coefficient (Wildman–Crippen LogP) is 3.14. The lowest BCUT2D eigenvalue weighted by atomic mass is 10.2. The summed E-state index contributed by atoms with van der Waals surface area (Å²) in [7, 11) is 1.87. The number of nitrogens with zero attached hydrogens (tertiary/aromatic N) is 4. The summed E-state index contributed by atoms with van der Waals surface area (Å²) in [6.45, 7) is 0. The zero-order valence-electron chi connectivity index (χ0n) is 13.5. The molecule has 0 spiro atoms. The maximum absolute atomic E-state index is 13.5. The molecule has 25 heavy (non-hydrogen) atoms. The molecule has 2 heterocycles. The highest BCUT2D eigenvalue weighted by molar-refractivity contribution is 7.99. The van der Waals surface area contributed by atoms with E-state index in [1.165, 1.54) is 23.9 Å². The summed E-state index contributed by atoms with van der Waals surface area (Å²) < 4.78 is 15.4. The summed E-state index contributed by atoms with van der Waals surface area (Å²) in [5, 5.41) is 11.6. The molecule has 3 aromatic rings. The quantitative estimate of drug-likeness (QED) is 0.686. The minimum Gasteiger partial charge on any atom is -0.324 e. The Morgan fingerprint density at radius 3 is 2.72 bits per heavy atom. The number of hydrogen-bond donors (Lipinski definition) is 1. The van der Waals surface area contributed by atoms with Crippen molar-refractivity contribution in [2.24, 2.45) is 7.05 Å². The molecular formula is C17H16FN5OS. The molecule has 1 N–H and O–H groups in total. The van der Waals surface area contributed by atoms with E-state index in [0.29, 0.717) is 10.9 Å². The number of anilines is 1. The highest BCUT2D eigenvalue weighted by Gasteiger charge is 2.12. The van der Waals surface area contributed by atoms with Crippen molar-refractivity contribution in [3.63, 3.8) is 0 Å². The minimum absolute atomic E-state index is 0.191. The summed E-state index contributed by atoms with van der Waals surface area (Å²) >= 11 is 1.42. The molecule has 0 fully saturated rings. The maximum atomic E-state index is 13.5. The number of rotatable bonds is 6. The third-order valence-electron chi connectivity index (χ3n) is 3.48. The van der Waals surface area contributed by atoms with E-state index < -0.39 is 5.82 Å². The van der Waals surface area contributed by atoms with Crippen LogP contribution < -0.4 is 5.32 Å². The van der Waals surface area contributed by atoms with Crippen molar-refractivity contribution in [1.29, 1.82) is 0 Å². The molecule has 0 aliphatic rings. The zero-order chi connectivity index (χ0) is 17.6. The second-order valence-corrected chi connectivity index (χ2v) is 6.29. The van der Waals surface area contributed by atoms with Gasteiger partial charge in [0, 0.05) is 37.2 Å². The fourth-order valence-corrected chi connectivity index (χ4v) is 3.05. The highest BCUT2D eigenvalue weighted by Crippen LogP contribution is 2.22. The molecule has 3 rings (SSSR count). The Morgan fingerprint density at radius 2 is 1.96 bits per heavy atom. The van der Waals surface area contributed by atoms with Crippen LogP contribution in [0.5, 0.6) is 0 Å². The van der Waals surface area contributed by atoms with E-state index in [9.17, 15) is 9.18 Å². The standard InChI is InChI=1S/C17H16FN5OS/c1-23-16(12-6-9-19-10-7-12)21-22-17(23)25-11-8-15(24)20-14-5-3-2-4-13(14)18/h2-7,9-10H,8,11H2,1H3,(H,20,24). The van der Waals surface area contributed by atoms with Gasteiger partial charge in [-0.2, -0.15) is 0 Å². The van der Waals surface area contributed by atoms with Crippen LogP contribution in [0.2, 0.25) is 0 Å². The average Bonchev–Trinajstić information content (AvgIpc) is 2.99. The van der Waals surface area contributed by atoms with Gasteiger partial charge < -0.3 is 9.88 Å². The van der Waals surface area contributed by atoms with Crippen LogP contribution in [0.4, 0.5) is 10.1 Å². The monoisotopic (exact) mass is 357 g/mol. The number of carbonyl (C=O) groups excluding carboxylic acids is 1. The van der Waals surface area contributed by atoms with Crippen LogP contribution in [0.1, 0.15) is 6.42 Å². The molecule has 1 amide bonds. The van der Waals surface area contributed by atoms with Crippen molar-refractivity contribution in [2.75, 3.05) is 11.1 Å². The zero-order valence-corrected chi connectivity index (χ0v) is 14.3. The molecule has 0 unspecified atom stereocenters. The number of aromatic nitrogens is 4. The van der Waals surface area contributed by atoms with E-state index >= 15 is 0 Å². The third kappa shape index (κ3) is 4.21. The second kappa shape index (κ2) is 7.89. The second-order valence-electron chi connectivity index (χ2n) is 5.23. The first-order chi connectivity index (χ1) is 12.1. The molecule has 0 aliphatic heterocycles. The topological polar surface area (TPSA) is 72.7 Å². The fraction of sp³-hybridized carbons (Fsp3) is 0.176. The summed E-state index contributed by atoms with van der Waals surface area (Å²) in [5.41, 5.74) is 1.12. The summed E-state index contributed by atoms with van der Waals surface area (Å²) in [4.78, 5) is 15.9. The number of carbonyl (C=O) groups is 1. The van der Waals surface area contributed by atoms with Crippen molar-refractivity contribution in [3.8, 4) is 11.4 Å². The van der Waals surface area contributed by atoms with Gasteiger partial charge in [-0.1, -0.05) is 23.9 Å². The van der Waals surface area contributed by atoms with Gasteiger partial charge in [-0.15, -0.1) is 10.2 Å². The van der Waals surface area contributed by atoms with Gasteiger partial charge in [0.1, 0.15) is 5.82 Å². The number of benzene rings is 1. The van der Waals surface area contributed by atoms with Gasteiger partial charge in [0.15, 0.2) is 11.0 Å². The van der Waals surface area contributed by atoms with E-state index in [1.54, 1.807) is 24.5 Å². The van der Waals surface area contributed by atoms with Gasteiger partial charge in [0.05, 0.1) is 5.69 Å². The smallest absolute Gasteiger partial charge is 0.225 e. The van der Waals surface area contributed by atoms with Crippen LogP contribution >= 0.6 is 11.8 Å². The molecule has 0 bridgehead atoms. The van der Waals surface area contributed by atoms with E-state index in [2.05, 4.69) is 20.5 Å². The number of amides is 1. The van der Waals surface area contributed by atoms with Gasteiger partial charge in [0.2, 0.25) is 5.91 Å². The third-order valence-corrected chi connectivity index (χ3v) is 4.50. The number of thioether (sulfide) groups is 1. The average molecular weight is 357 g/mol. The Labute approximate surface area is 148 Å². The van der Waals surface area contributed by atoms with Crippen molar-refractivity contribution < 1.29 is 9.18 Å². The van der Waals surface area contributed by atoms with Crippen molar-refractivity contribution in [1.82, 2.24) is 19.7 Å². The Hall–Kier alpha value is -2.74. The van der Waals surface area contributed by atoms with Gasteiger partial charge in [-0.25, -0.2) is 4.39 Å². The molecule has 0 atom stereocenters. The van der Waals surface area contributed by atoms with Gasteiger partial charge >= 0.3 is 0 Å². The largest absolute Gasteiger partial charge is 0.324 e. The van der Waals surface area contributed by atoms with Gasteiger partial charge in [0.25, 0.3) is 0 Å². The SMILES string of the molecule is Cn1c(SCCC(=O)Nc2ccccc2F)nnc1-c1ccncc1. The molecule has 128 valence electrons. The lowest BCUT2D eigenvalue weighted by Crippen LogP contribution is -2.13. The molecular weight excluding hydrogens is 341 g/mol. The van der Waals surface area contributed by atoms with E-state index in [1.807, 2.05) is 23.7 Å². The minimum atomic E-state index is -0.446. The lowest BCUT2D eigenvalue weighted by molar-refractivity contribution is -0.115. The Bertz CT molecular complexity index is 868. The number of para-hydroxylation sites is 1. The lowest BCUT2D eigenvalue weighted by Gasteiger charge is -2.06. The van der Waals surface area contributed by atoms with Crippen LogP contribution in [-0.4, -0.2) is 31.4 Å². The molecule has 0 radical (unpaired) electrons. The molecule has 6 nitrogen and oxygen atoms in total. The van der Waals surface area contributed by atoms with Crippen LogP contribution in [0.3, 0.4) is 0 Å².